The summed E-state index contributed by atoms with van der Waals surface area (Å²) in [7, 11) is 0. The number of ether oxygens (including phenoxy) is 1. The molecule has 2 nitrogen and oxygen atoms in total. The van der Waals surface area contributed by atoms with E-state index in [1.165, 1.54) is 38.5 Å². The van der Waals surface area contributed by atoms with Gasteiger partial charge in [0.2, 0.25) is 0 Å². The van der Waals surface area contributed by atoms with Crippen LogP contribution >= 0.6 is 0 Å². The van der Waals surface area contributed by atoms with Crippen molar-refractivity contribution in [1.29, 1.82) is 0 Å². The van der Waals surface area contributed by atoms with Gasteiger partial charge in [-0.3, -0.25) is 4.99 Å². The average molecular weight is 231 g/mol. The Morgan fingerprint density at radius 2 is 1.71 bits per heavy atom. The standard InChI is InChI=1S/C15H21NO/c1-10-2-3-16-14(17-10)15-7-11-4-12(8-15)6-13(5-11)9-15/h2,11-13H,3-9H2,1H3. The summed E-state index contributed by atoms with van der Waals surface area (Å²) in [5.41, 5.74) is 0.338. The van der Waals surface area contributed by atoms with E-state index >= 15 is 0 Å². The number of aliphatic imine (C=N–C) groups is 1. The number of nitrogens with zero attached hydrogens (tertiary/aromatic N) is 1. The summed E-state index contributed by atoms with van der Waals surface area (Å²) in [6.07, 6.45) is 10.6. The van der Waals surface area contributed by atoms with Gasteiger partial charge in [-0.25, -0.2) is 0 Å². The van der Waals surface area contributed by atoms with Crippen LogP contribution in [-0.4, -0.2) is 12.4 Å². The van der Waals surface area contributed by atoms with Crippen LogP contribution in [0.5, 0.6) is 0 Å². The van der Waals surface area contributed by atoms with Gasteiger partial charge in [-0.1, -0.05) is 0 Å². The molecule has 0 aromatic heterocycles. The predicted octanol–water partition coefficient (Wildman–Crippen LogP) is 3.54. The van der Waals surface area contributed by atoms with Gasteiger partial charge >= 0.3 is 0 Å². The van der Waals surface area contributed by atoms with E-state index in [9.17, 15) is 0 Å². The summed E-state index contributed by atoms with van der Waals surface area (Å²) in [4.78, 5) is 4.69. The molecule has 4 saturated carbocycles. The minimum Gasteiger partial charge on any atom is -0.448 e. The van der Waals surface area contributed by atoms with Gasteiger partial charge in [0.05, 0.1) is 6.54 Å². The molecule has 0 unspecified atom stereocenters. The lowest BCUT2D eigenvalue weighted by molar-refractivity contribution is -0.0225. The van der Waals surface area contributed by atoms with Crippen LogP contribution in [0.1, 0.15) is 45.4 Å². The SMILES string of the molecule is CC1=CCN=C(C23CC4CC(CC(C4)C2)C3)O1. The molecule has 0 spiro atoms. The fourth-order valence-corrected chi connectivity index (χ4v) is 5.13. The van der Waals surface area contributed by atoms with Crippen LogP contribution in [0.2, 0.25) is 0 Å². The van der Waals surface area contributed by atoms with Gasteiger partial charge < -0.3 is 4.74 Å². The largest absolute Gasteiger partial charge is 0.448 e. The van der Waals surface area contributed by atoms with Crippen molar-refractivity contribution < 1.29 is 4.74 Å². The second kappa shape index (κ2) is 3.37. The fourth-order valence-electron chi connectivity index (χ4n) is 5.13. The molecule has 0 aromatic rings. The Hall–Kier alpha value is -0.790. The Morgan fingerprint density at radius 1 is 1.12 bits per heavy atom. The molecule has 5 rings (SSSR count). The van der Waals surface area contributed by atoms with Crippen molar-refractivity contribution in [3.63, 3.8) is 0 Å². The van der Waals surface area contributed by atoms with Crippen molar-refractivity contribution in [3.05, 3.63) is 11.8 Å². The molecule has 0 atom stereocenters. The van der Waals surface area contributed by atoms with Crippen LogP contribution in [0.25, 0.3) is 0 Å². The third kappa shape index (κ3) is 1.49. The van der Waals surface area contributed by atoms with Crippen LogP contribution in [0.3, 0.4) is 0 Å². The molecule has 0 aromatic carbocycles. The Kier molecular flexibility index (Phi) is 2.01. The van der Waals surface area contributed by atoms with Gasteiger partial charge in [-0.05, 0) is 69.3 Å². The summed E-state index contributed by atoms with van der Waals surface area (Å²) >= 11 is 0. The van der Waals surface area contributed by atoms with Crippen LogP contribution in [-0.2, 0) is 4.74 Å². The molecule has 2 heteroatoms. The maximum atomic E-state index is 5.98. The molecule has 1 aliphatic heterocycles. The number of hydrogen-bond donors (Lipinski definition) is 0. The molecule has 0 saturated heterocycles. The molecule has 0 radical (unpaired) electrons. The first kappa shape index (κ1) is 10.2. The summed E-state index contributed by atoms with van der Waals surface area (Å²) in [6, 6.07) is 0. The van der Waals surface area contributed by atoms with Crippen LogP contribution in [0, 0.1) is 23.2 Å². The monoisotopic (exact) mass is 231 g/mol. The first-order valence-electron chi connectivity index (χ1n) is 7.13. The van der Waals surface area contributed by atoms with Crippen molar-refractivity contribution in [2.45, 2.75) is 45.4 Å². The maximum absolute atomic E-state index is 5.98. The first-order valence-corrected chi connectivity index (χ1v) is 7.13. The Bertz CT molecular complexity index is 372. The molecule has 1 heterocycles. The zero-order chi connectivity index (χ0) is 11.5. The quantitative estimate of drug-likeness (QED) is 0.676. The smallest absolute Gasteiger partial charge is 0.196 e. The van der Waals surface area contributed by atoms with E-state index in [2.05, 4.69) is 18.0 Å². The van der Waals surface area contributed by atoms with Crippen molar-refractivity contribution in [2.24, 2.45) is 28.2 Å². The molecule has 92 valence electrons. The predicted molar refractivity (Wildman–Crippen MR) is 67.7 cm³/mol. The molecule has 4 bridgehead atoms. The van der Waals surface area contributed by atoms with Crippen molar-refractivity contribution in [3.8, 4) is 0 Å². The third-order valence-electron chi connectivity index (χ3n) is 5.36. The Balaban J connectivity index is 1.66. The highest BCUT2D eigenvalue weighted by molar-refractivity contribution is 5.84. The van der Waals surface area contributed by atoms with Gasteiger partial charge in [0, 0.05) is 5.41 Å². The second-order valence-corrected chi connectivity index (χ2v) is 6.76. The lowest BCUT2D eigenvalue weighted by atomic mass is 9.49. The van der Waals surface area contributed by atoms with Crippen molar-refractivity contribution >= 4 is 5.90 Å². The summed E-state index contributed by atoms with van der Waals surface area (Å²) < 4.78 is 5.98. The average Bonchev–Trinajstić information content (AvgIpc) is 2.27. The number of rotatable bonds is 1. The van der Waals surface area contributed by atoms with E-state index in [1.54, 1.807) is 0 Å². The van der Waals surface area contributed by atoms with Gasteiger partial charge in [-0.15, -0.1) is 0 Å². The second-order valence-electron chi connectivity index (χ2n) is 6.76. The van der Waals surface area contributed by atoms with E-state index < -0.39 is 0 Å². The summed E-state index contributed by atoms with van der Waals surface area (Å²) in [5.74, 6) is 5.07. The van der Waals surface area contributed by atoms with Crippen molar-refractivity contribution in [2.75, 3.05) is 6.54 Å². The van der Waals surface area contributed by atoms with E-state index in [4.69, 9.17) is 4.74 Å². The van der Waals surface area contributed by atoms with Gasteiger partial charge in [0.25, 0.3) is 0 Å². The zero-order valence-corrected chi connectivity index (χ0v) is 10.6. The topological polar surface area (TPSA) is 21.6 Å². The molecule has 4 aliphatic carbocycles. The Labute approximate surface area is 103 Å². The Morgan fingerprint density at radius 3 is 2.24 bits per heavy atom. The van der Waals surface area contributed by atoms with E-state index in [-0.39, 0.29) is 0 Å². The lowest BCUT2D eigenvalue weighted by Crippen LogP contribution is -2.50. The molecule has 5 aliphatic rings. The molecule has 0 N–H and O–H groups in total. The van der Waals surface area contributed by atoms with Crippen LogP contribution in [0.15, 0.2) is 16.8 Å². The number of allylic oxidation sites excluding steroid dienone is 1. The molecular formula is C15H21NO. The van der Waals surface area contributed by atoms with Crippen LogP contribution < -0.4 is 0 Å². The van der Waals surface area contributed by atoms with E-state index in [1.807, 2.05) is 0 Å². The minimum absolute atomic E-state index is 0.338. The number of hydrogen-bond acceptors (Lipinski definition) is 2. The molecule has 0 amide bonds. The summed E-state index contributed by atoms with van der Waals surface area (Å²) in [5, 5.41) is 0. The van der Waals surface area contributed by atoms with E-state index in [0.717, 1.165) is 36.0 Å². The first-order chi connectivity index (χ1) is 8.23. The van der Waals surface area contributed by atoms with Crippen molar-refractivity contribution in [1.82, 2.24) is 0 Å². The minimum atomic E-state index is 0.338. The highest BCUT2D eigenvalue weighted by atomic mass is 16.5. The van der Waals surface area contributed by atoms with Crippen LogP contribution in [0.4, 0.5) is 0 Å². The van der Waals surface area contributed by atoms with Gasteiger partial charge in [0.1, 0.15) is 5.76 Å². The molecule has 17 heavy (non-hydrogen) atoms. The van der Waals surface area contributed by atoms with Gasteiger partial charge in [0.15, 0.2) is 5.90 Å². The third-order valence-corrected chi connectivity index (χ3v) is 5.36. The van der Waals surface area contributed by atoms with Gasteiger partial charge in [-0.2, -0.15) is 0 Å². The molecular weight excluding hydrogens is 210 g/mol. The fraction of sp³-hybridized carbons (Fsp3) is 0.800. The molecule has 4 fully saturated rings. The highest BCUT2D eigenvalue weighted by Crippen LogP contribution is 2.60. The normalized spacial score (nSPS) is 47.5. The zero-order valence-electron chi connectivity index (χ0n) is 10.6. The lowest BCUT2D eigenvalue weighted by Gasteiger charge is -2.56. The summed E-state index contributed by atoms with van der Waals surface area (Å²) in [6.45, 7) is 2.90. The van der Waals surface area contributed by atoms with E-state index in [0.29, 0.717) is 5.41 Å². The highest BCUT2D eigenvalue weighted by Gasteiger charge is 2.54. The maximum Gasteiger partial charge on any atom is 0.196 e.